The zero-order valence-electron chi connectivity index (χ0n) is 13.1. The van der Waals surface area contributed by atoms with E-state index in [4.69, 9.17) is 0 Å². The topological polar surface area (TPSA) is 49.9 Å². The van der Waals surface area contributed by atoms with Gasteiger partial charge in [-0.2, -0.15) is 16.9 Å². The Bertz CT molecular complexity index is 947. The molecule has 0 radical (unpaired) electrons. The van der Waals surface area contributed by atoms with E-state index in [1.54, 1.807) is 6.07 Å². The summed E-state index contributed by atoms with van der Waals surface area (Å²) < 4.78 is 15.5. The van der Waals surface area contributed by atoms with Gasteiger partial charge in [0.25, 0.3) is 0 Å². The van der Waals surface area contributed by atoms with Crippen molar-refractivity contribution in [2.24, 2.45) is 10.2 Å². The van der Waals surface area contributed by atoms with Crippen molar-refractivity contribution in [3.8, 4) is 5.88 Å². The highest BCUT2D eigenvalue weighted by Gasteiger charge is 2.27. The number of aromatic nitrogens is 1. The zero-order valence-corrected chi connectivity index (χ0v) is 13.9. The molecule has 0 spiro atoms. The molecule has 4 nitrogen and oxygen atoms in total. The quantitative estimate of drug-likeness (QED) is 0.640. The number of fused-ring (bicyclic) bond motifs is 1. The Morgan fingerprint density at radius 3 is 2.71 bits per heavy atom. The first-order valence-electron chi connectivity index (χ1n) is 7.72. The first kappa shape index (κ1) is 15.2. The molecule has 1 aliphatic heterocycles. The average Bonchev–Trinajstić information content (AvgIpc) is 2.76. The second-order valence-electron chi connectivity index (χ2n) is 5.93. The second-order valence-corrected chi connectivity index (χ2v) is 7.01. The molecule has 1 saturated heterocycles. The molecule has 6 heteroatoms. The molecule has 1 aromatic heterocycles. The standard InChI is InChI=1S/C18H16FN3OS/c1-11-3-2-4-13(7-11)20-21-17-15-8-12(19)5-6-16(15)22(18(17)23)14-9-24-10-14/h2-8,14,23H,9-10H2,1H3. The number of hydrogen-bond donors (Lipinski definition) is 1. The minimum absolute atomic E-state index is 0.0531. The van der Waals surface area contributed by atoms with Crippen molar-refractivity contribution in [1.29, 1.82) is 0 Å². The molecule has 0 unspecified atom stereocenters. The maximum absolute atomic E-state index is 13.7. The van der Waals surface area contributed by atoms with Crippen LogP contribution < -0.4 is 0 Å². The first-order valence-corrected chi connectivity index (χ1v) is 8.87. The van der Waals surface area contributed by atoms with E-state index in [0.29, 0.717) is 16.8 Å². The Kier molecular flexibility index (Phi) is 3.76. The third-order valence-electron chi connectivity index (χ3n) is 4.17. The van der Waals surface area contributed by atoms with E-state index in [1.807, 2.05) is 47.5 Å². The number of halogens is 1. The van der Waals surface area contributed by atoms with E-state index in [0.717, 1.165) is 22.6 Å². The van der Waals surface area contributed by atoms with Gasteiger partial charge < -0.3 is 9.67 Å². The summed E-state index contributed by atoms with van der Waals surface area (Å²) in [5.41, 5.74) is 2.89. The SMILES string of the molecule is Cc1cccc(N=Nc2c(O)n(C3CSC3)c3ccc(F)cc23)c1. The number of azo groups is 1. The summed E-state index contributed by atoms with van der Waals surface area (Å²) in [6.45, 7) is 1.98. The van der Waals surface area contributed by atoms with Crippen LogP contribution in [-0.2, 0) is 0 Å². The van der Waals surface area contributed by atoms with Crippen molar-refractivity contribution in [3.63, 3.8) is 0 Å². The second kappa shape index (κ2) is 5.94. The van der Waals surface area contributed by atoms with Gasteiger partial charge in [-0.3, -0.25) is 0 Å². The van der Waals surface area contributed by atoms with Crippen LogP contribution >= 0.6 is 11.8 Å². The monoisotopic (exact) mass is 341 g/mol. The predicted octanol–water partition coefficient (Wildman–Crippen LogP) is 5.50. The molecule has 2 aromatic carbocycles. The predicted molar refractivity (Wildman–Crippen MR) is 95.3 cm³/mol. The van der Waals surface area contributed by atoms with Crippen LogP contribution in [0.3, 0.4) is 0 Å². The van der Waals surface area contributed by atoms with Crippen LogP contribution in [0.5, 0.6) is 5.88 Å². The van der Waals surface area contributed by atoms with Crippen molar-refractivity contribution in [2.45, 2.75) is 13.0 Å². The molecule has 1 aliphatic rings. The Labute approximate surface area is 143 Å². The van der Waals surface area contributed by atoms with Crippen molar-refractivity contribution in [1.82, 2.24) is 4.57 Å². The van der Waals surface area contributed by atoms with E-state index in [1.165, 1.54) is 12.1 Å². The van der Waals surface area contributed by atoms with Gasteiger partial charge in [-0.15, -0.1) is 5.11 Å². The lowest BCUT2D eigenvalue weighted by molar-refractivity contribution is 0.406. The summed E-state index contributed by atoms with van der Waals surface area (Å²) >= 11 is 1.82. The maximum atomic E-state index is 13.7. The van der Waals surface area contributed by atoms with Gasteiger partial charge in [0, 0.05) is 16.9 Å². The van der Waals surface area contributed by atoms with Crippen LogP contribution in [-0.4, -0.2) is 21.2 Å². The van der Waals surface area contributed by atoms with Crippen molar-refractivity contribution in [3.05, 3.63) is 53.8 Å². The lowest BCUT2D eigenvalue weighted by Gasteiger charge is -2.27. The molecule has 0 saturated carbocycles. The molecule has 122 valence electrons. The summed E-state index contributed by atoms with van der Waals surface area (Å²) in [7, 11) is 0. The van der Waals surface area contributed by atoms with Crippen molar-refractivity contribution < 1.29 is 9.50 Å². The fraction of sp³-hybridized carbons (Fsp3) is 0.222. The minimum atomic E-state index is -0.352. The van der Waals surface area contributed by atoms with Crippen LogP contribution in [0, 0.1) is 12.7 Å². The summed E-state index contributed by atoms with van der Waals surface area (Å²) in [4.78, 5) is 0. The third kappa shape index (κ3) is 2.57. The number of aryl methyl sites for hydroxylation is 1. The van der Waals surface area contributed by atoms with Crippen LogP contribution in [0.1, 0.15) is 11.6 Å². The molecule has 0 aliphatic carbocycles. The molecular formula is C18H16FN3OS. The number of rotatable bonds is 3. The highest BCUT2D eigenvalue weighted by molar-refractivity contribution is 8.00. The van der Waals surface area contributed by atoms with Gasteiger partial charge in [0.2, 0.25) is 5.88 Å². The normalized spacial score (nSPS) is 15.2. The van der Waals surface area contributed by atoms with Crippen molar-refractivity contribution in [2.75, 3.05) is 11.5 Å². The number of thioether (sulfide) groups is 1. The molecule has 0 amide bonds. The Morgan fingerprint density at radius 2 is 2.00 bits per heavy atom. The number of hydrogen-bond acceptors (Lipinski definition) is 4. The lowest BCUT2D eigenvalue weighted by Crippen LogP contribution is -2.22. The molecule has 2 heterocycles. The van der Waals surface area contributed by atoms with E-state index in [2.05, 4.69) is 10.2 Å². The average molecular weight is 341 g/mol. The largest absolute Gasteiger partial charge is 0.493 e. The van der Waals surface area contributed by atoms with E-state index in [9.17, 15) is 9.50 Å². The molecule has 24 heavy (non-hydrogen) atoms. The van der Waals surface area contributed by atoms with Gasteiger partial charge in [0.05, 0.1) is 17.2 Å². The Morgan fingerprint density at radius 1 is 1.17 bits per heavy atom. The van der Waals surface area contributed by atoms with Crippen LogP contribution in [0.15, 0.2) is 52.7 Å². The fourth-order valence-electron chi connectivity index (χ4n) is 2.90. The van der Waals surface area contributed by atoms with Crippen LogP contribution in [0.2, 0.25) is 0 Å². The first-order chi connectivity index (χ1) is 11.6. The van der Waals surface area contributed by atoms with Gasteiger partial charge >= 0.3 is 0 Å². The van der Waals surface area contributed by atoms with Crippen molar-refractivity contribution >= 4 is 34.0 Å². The molecular weight excluding hydrogens is 325 g/mol. The lowest BCUT2D eigenvalue weighted by atomic mass is 10.2. The summed E-state index contributed by atoms with van der Waals surface area (Å²) in [6, 6.07) is 12.3. The Balaban J connectivity index is 1.85. The summed E-state index contributed by atoms with van der Waals surface area (Å²) in [5.74, 6) is 1.57. The number of nitrogens with zero attached hydrogens (tertiary/aromatic N) is 3. The molecule has 1 N–H and O–H groups in total. The number of aromatic hydroxyl groups is 1. The van der Waals surface area contributed by atoms with Crippen LogP contribution in [0.4, 0.5) is 15.8 Å². The molecule has 3 aromatic rings. The Hall–Kier alpha value is -2.34. The summed E-state index contributed by atoms with van der Waals surface area (Å²) in [5, 5.41) is 19.7. The maximum Gasteiger partial charge on any atom is 0.221 e. The van der Waals surface area contributed by atoms with Gasteiger partial charge in [-0.1, -0.05) is 12.1 Å². The molecule has 4 rings (SSSR count). The molecule has 0 atom stereocenters. The molecule has 1 fully saturated rings. The van der Waals surface area contributed by atoms with E-state index >= 15 is 0 Å². The minimum Gasteiger partial charge on any atom is -0.493 e. The van der Waals surface area contributed by atoms with Gasteiger partial charge in [-0.05, 0) is 42.8 Å². The van der Waals surface area contributed by atoms with Gasteiger partial charge in [0.1, 0.15) is 5.82 Å². The molecule has 0 bridgehead atoms. The number of benzene rings is 2. The van der Waals surface area contributed by atoms with E-state index < -0.39 is 0 Å². The zero-order chi connectivity index (χ0) is 16.7. The fourth-order valence-corrected chi connectivity index (χ4v) is 3.64. The van der Waals surface area contributed by atoms with Gasteiger partial charge in [-0.25, -0.2) is 4.39 Å². The summed E-state index contributed by atoms with van der Waals surface area (Å²) in [6.07, 6.45) is 0. The highest BCUT2D eigenvalue weighted by Crippen LogP contribution is 2.45. The van der Waals surface area contributed by atoms with Gasteiger partial charge in [0.15, 0.2) is 5.69 Å². The highest BCUT2D eigenvalue weighted by atomic mass is 32.2. The van der Waals surface area contributed by atoms with E-state index in [-0.39, 0.29) is 17.7 Å². The smallest absolute Gasteiger partial charge is 0.221 e. The van der Waals surface area contributed by atoms with Crippen LogP contribution in [0.25, 0.3) is 10.9 Å². The third-order valence-corrected chi connectivity index (χ3v) is 5.41.